The molecular weight excluding hydrogens is 168 g/mol. The average Bonchev–Trinajstić information content (AvgIpc) is 2.70. The van der Waals surface area contributed by atoms with Crippen LogP contribution in [0.1, 0.15) is 5.76 Å². The molecule has 13 heavy (non-hydrogen) atoms. The number of nitrogens with zero attached hydrogens (tertiary/aromatic N) is 1. The van der Waals surface area contributed by atoms with Crippen molar-refractivity contribution >= 4 is 0 Å². The number of oxazole rings is 1. The normalized spacial score (nSPS) is 10.5. The highest BCUT2D eigenvalue weighted by Gasteiger charge is 2.07. The molecule has 2 N–H and O–H groups in total. The van der Waals surface area contributed by atoms with E-state index in [1.165, 1.54) is 0 Å². The van der Waals surface area contributed by atoms with Crippen molar-refractivity contribution in [1.82, 2.24) is 4.98 Å². The van der Waals surface area contributed by atoms with Gasteiger partial charge in [-0.25, -0.2) is 4.98 Å². The zero-order valence-corrected chi connectivity index (χ0v) is 7.06. The number of hydrogen-bond donors (Lipinski definition) is 1. The molecule has 0 bridgehead atoms. The van der Waals surface area contributed by atoms with Gasteiger partial charge < -0.3 is 14.6 Å². The molecule has 2 rings (SSSR count). The Bertz CT molecular complexity index is 365. The second-order valence-electron chi connectivity index (χ2n) is 2.65. The van der Waals surface area contributed by atoms with E-state index < -0.39 is 0 Å². The largest absolute Gasteiger partial charge is 0.459 e. The molecule has 0 aliphatic heterocycles. The van der Waals surface area contributed by atoms with Gasteiger partial charge in [-0.05, 0) is 18.7 Å². The maximum atomic E-state index is 5.38. The summed E-state index contributed by atoms with van der Waals surface area (Å²) in [4.78, 5) is 4.06. The summed E-state index contributed by atoms with van der Waals surface area (Å²) in [6, 6.07) is 3.60. The van der Waals surface area contributed by atoms with Crippen LogP contribution in [0.2, 0.25) is 0 Å². The van der Waals surface area contributed by atoms with Crippen molar-refractivity contribution in [2.24, 2.45) is 5.73 Å². The Hall–Kier alpha value is -1.55. The molecular formula is C9H10N2O2. The Morgan fingerprint density at radius 2 is 2.38 bits per heavy atom. The van der Waals surface area contributed by atoms with Crippen LogP contribution < -0.4 is 5.73 Å². The SMILES string of the molecule is NCCc1cnc(-c2ccco2)o1. The van der Waals surface area contributed by atoms with E-state index in [2.05, 4.69) is 4.98 Å². The van der Waals surface area contributed by atoms with Crippen LogP contribution in [0.5, 0.6) is 0 Å². The lowest BCUT2D eigenvalue weighted by molar-refractivity contribution is 0.487. The van der Waals surface area contributed by atoms with Crippen LogP contribution in [0.4, 0.5) is 0 Å². The molecule has 0 radical (unpaired) electrons. The second kappa shape index (κ2) is 3.45. The molecule has 0 saturated heterocycles. The number of hydrogen-bond acceptors (Lipinski definition) is 4. The van der Waals surface area contributed by atoms with Gasteiger partial charge in [-0.15, -0.1) is 0 Å². The van der Waals surface area contributed by atoms with Crippen LogP contribution in [0, 0.1) is 0 Å². The van der Waals surface area contributed by atoms with Gasteiger partial charge in [0.05, 0.1) is 12.5 Å². The van der Waals surface area contributed by atoms with Crippen molar-refractivity contribution in [1.29, 1.82) is 0 Å². The van der Waals surface area contributed by atoms with E-state index in [9.17, 15) is 0 Å². The molecule has 0 amide bonds. The monoisotopic (exact) mass is 178 g/mol. The van der Waals surface area contributed by atoms with Crippen LogP contribution in [-0.4, -0.2) is 11.5 Å². The smallest absolute Gasteiger partial charge is 0.262 e. The summed E-state index contributed by atoms with van der Waals surface area (Å²) in [5.74, 6) is 1.94. The molecule has 4 nitrogen and oxygen atoms in total. The van der Waals surface area contributed by atoms with Crippen molar-refractivity contribution in [3.63, 3.8) is 0 Å². The summed E-state index contributed by atoms with van der Waals surface area (Å²) in [5.41, 5.74) is 5.38. The van der Waals surface area contributed by atoms with Crippen LogP contribution in [-0.2, 0) is 6.42 Å². The van der Waals surface area contributed by atoms with Crippen LogP contribution in [0.3, 0.4) is 0 Å². The van der Waals surface area contributed by atoms with Crippen LogP contribution >= 0.6 is 0 Å². The predicted octanol–water partition coefficient (Wildman–Crippen LogP) is 1.44. The Morgan fingerprint density at radius 3 is 3.08 bits per heavy atom. The Labute approximate surface area is 75.4 Å². The van der Waals surface area contributed by atoms with E-state index in [4.69, 9.17) is 14.6 Å². The summed E-state index contributed by atoms with van der Waals surface area (Å²) in [5, 5.41) is 0. The maximum absolute atomic E-state index is 5.38. The number of aromatic nitrogens is 1. The first-order chi connectivity index (χ1) is 6.40. The minimum absolute atomic E-state index is 0.508. The van der Waals surface area contributed by atoms with Gasteiger partial charge in [0.25, 0.3) is 5.89 Å². The van der Waals surface area contributed by atoms with Gasteiger partial charge in [-0.1, -0.05) is 0 Å². The average molecular weight is 178 g/mol. The summed E-state index contributed by atoms with van der Waals surface area (Å²) in [6.45, 7) is 0.562. The van der Waals surface area contributed by atoms with E-state index >= 15 is 0 Å². The highest BCUT2D eigenvalue weighted by Crippen LogP contribution is 2.19. The van der Waals surface area contributed by atoms with Crippen LogP contribution in [0.15, 0.2) is 33.4 Å². The summed E-state index contributed by atoms with van der Waals surface area (Å²) < 4.78 is 10.5. The highest BCUT2D eigenvalue weighted by molar-refractivity contribution is 5.43. The lowest BCUT2D eigenvalue weighted by Gasteiger charge is -1.89. The molecule has 2 aromatic heterocycles. The summed E-state index contributed by atoms with van der Waals surface area (Å²) >= 11 is 0. The third-order valence-electron chi connectivity index (χ3n) is 1.68. The van der Waals surface area contributed by atoms with Gasteiger partial charge >= 0.3 is 0 Å². The molecule has 0 aliphatic carbocycles. The first-order valence-corrected chi connectivity index (χ1v) is 4.09. The number of furan rings is 1. The van der Waals surface area contributed by atoms with Crippen molar-refractivity contribution in [3.8, 4) is 11.7 Å². The zero-order chi connectivity index (χ0) is 9.10. The Morgan fingerprint density at radius 1 is 1.46 bits per heavy atom. The lowest BCUT2D eigenvalue weighted by atomic mass is 10.4. The van der Waals surface area contributed by atoms with Gasteiger partial charge in [-0.2, -0.15) is 0 Å². The second-order valence-corrected chi connectivity index (χ2v) is 2.65. The third-order valence-corrected chi connectivity index (χ3v) is 1.68. The zero-order valence-electron chi connectivity index (χ0n) is 7.06. The first kappa shape index (κ1) is 8.07. The van der Waals surface area contributed by atoms with Crippen molar-refractivity contribution in [3.05, 3.63) is 30.4 Å². The topological polar surface area (TPSA) is 65.2 Å². The molecule has 68 valence electrons. The van der Waals surface area contributed by atoms with Gasteiger partial charge in [0.15, 0.2) is 5.76 Å². The van der Waals surface area contributed by atoms with Crippen LogP contribution in [0.25, 0.3) is 11.7 Å². The van der Waals surface area contributed by atoms with Gasteiger partial charge in [0, 0.05) is 6.42 Å². The van der Waals surface area contributed by atoms with Gasteiger partial charge in [-0.3, -0.25) is 0 Å². The van der Waals surface area contributed by atoms with E-state index in [1.54, 1.807) is 24.6 Å². The number of rotatable bonds is 3. The molecule has 0 fully saturated rings. The fourth-order valence-corrected chi connectivity index (χ4v) is 1.08. The Kier molecular flexibility index (Phi) is 2.14. The lowest BCUT2D eigenvalue weighted by Crippen LogP contribution is -2.01. The van der Waals surface area contributed by atoms with E-state index in [-0.39, 0.29) is 0 Å². The van der Waals surface area contributed by atoms with Crippen molar-refractivity contribution in [2.75, 3.05) is 6.54 Å². The van der Waals surface area contributed by atoms with Crippen molar-refractivity contribution in [2.45, 2.75) is 6.42 Å². The molecule has 0 aliphatic rings. The molecule has 0 aromatic carbocycles. The summed E-state index contributed by atoms with van der Waals surface area (Å²) in [6.07, 6.45) is 3.96. The van der Waals surface area contributed by atoms with Gasteiger partial charge in [0.1, 0.15) is 5.76 Å². The first-order valence-electron chi connectivity index (χ1n) is 4.09. The quantitative estimate of drug-likeness (QED) is 0.772. The summed E-state index contributed by atoms with van der Waals surface area (Å²) in [7, 11) is 0. The Balaban J connectivity index is 2.23. The fraction of sp³-hybridized carbons (Fsp3) is 0.222. The molecule has 2 aromatic rings. The molecule has 0 saturated carbocycles. The fourth-order valence-electron chi connectivity index (χ4n) is 1.08. The maximum Gasteiger partial charge on any atom is 0.262 e. The number of nitrogens with two attached hydrogens (primary N) is 1. The molecule has 4 heteroatoms. The molecule has 2 heterocycles. The highest BCUT2D eigenvalue weighted by atomic mass is 16.4. The van der Waals surface area contributed by atoms with E-state index in [1.807, 2.05) is 0 Å². The minimum Gasteiger partial charge on any atom is -0.459 e. The third kappa shape index (κ3) is 1.62. The van der Waals surface area contributed by atoms with Gasteiger partial charge in [0.2, 0.25) is 0 Å². The molecule has 0 atom stereocenters. The minimum atomic E-state index is 0.508. The predicted molar refractivity (Wildman–Crippen MR) is 47.0 cm³/mol. The van der Waals surface area contributed by atoms with E-state index in [0.717, 1.165) is 5.76 Å². The molecule has 0 spiro atoms. The van der Waals surface area contributed by atoms with E-state index in [0.29, 0.717) is 24.6 Å². The van der Waals surface area contributed by atoms with Crippen molar-refractivity contribution < 1.29 is 8.83 Å². The molecule has 0 unspecified atom stereocenters. The standard InChI is InChI=1S/C9H10N2O2/c10-4-3-7-6-11-9(13-7)8-2-1-5-12-8/h1-2,5-6H,3-4,10H2.